The lowest BCUT2D eigenvalue weighted by molar-refractivity contribution is 0.112. The molecule has 0 aliphatic heterocycles. The quantitative estimate of drug-likeness (QED) is 0.853. The molecule has 0 aliphatic rings. The zero-order valence-corrected chi connectivity index (χ0v) is 9.78. The number of rotatable bonds is 2. The summed E-state index contributed by atoms with van der Waals surface area (Å²) in [6, 6.07) is 2.02. The van der Waals surface area contributed by atoms with Crippen LogP contribution in [0.25, 0.3) is 10.6 Å². The predicted molar refractivity (Wildman–Crippen MR) is 59.7 cm³/mol. The number of aryl methyl sites for hydroxylation is 1. The van der Waals surface area contributed by atoms with Gasteiger partial charge in [-0.2, -0.15) is 5.10 Å². The molecule has 3 nitrogen and oxygen atoms in total. The Morgan fingerprint density at radius 1 is 1.64 bits per heavy atom. The topological polar surface area (TPSA) is 45.8 Å². The van der Waals surface area contributed by atoms with E-state index >= 15 is 0 Å². The first-order valence-corrected chi connectivity index (χ1v) is 5.58. The maximum Gasteiger partial charge on any atom is 0.153 e. The lowest BCUT2D eigenvalue weighted by atomic mass is 10.2. The standard InChI is InChI=1S/C9H7BrN2OS/c1-5-2-7(14-9(5)10)8-6(4-13)3-11-12-8/h2-4H,1H3,(H,11,12). The molecule has 0 fully saturated rings. The van der Waals surface area contributed by atoms with E-state index in [4.69, 9.17) is 0 Å². The number of aromatic amines is 1. The maximum absolute atomic E-state index is 10.7. The molecule has 2 rings (SSSR count). The average Bonchev–Trinajstić information content (AvgIpc) is 2.73. The number of halogens is 1. The molecule has 1 N–H and O–H groups in total. The first-order valence-electron chi connectivity index (χ1n) is 3.97. The zero-order chi connectivity index (χ0) is 10.1. The van der Waals surface area contributed by atoms with Gasteiger partial charge in [0.2, 0.25) is 0 Å². The van der Waals surface area contributed by atoms with Gasteiger partial charge in [-0.1, -0.05) is 0 Å². The molecule has 0 aromatic carbocycles. The maximum atomic E-state index is 10.7. The molecule has 2 heterocycles. The van der Waals surface area contributed by atoms with Gasteiger partial charge in [0.25, 0.3) is 0 Å². The molecular formula is C9H7BrN2OS. The van der Waals surface area contributed by atoms with Crippen LogP contribution in [0.5, 0.6) is 0 Å². The molecule has 5 heteroatoms. The van der Waals surface area contributed by atoms with Crippen molar-refractivity contribution < 1.29 is 4.79 Å². The third-order valence-corrected chi connectivity index (χ3v) is 4.05. The molecule has 0 aliphatic carbocycles. The predicted octanol–water partition coefficient (Wildman–Crippen LogP) is 3.02. The Balaban J connectivity index is 2.54. The van der Waals surface area contributed by atoms with Gasteiger partial charge >= 0.3 is 0 Å². The van der Waals surface area contributed by atoms with Crippen LogP contribution in [0.3, 0.4) is 0 Å². The Bertz CT molecular complexity index is 455. The van der Waals surface area contributed by atoms with Crippen molar-refractivity contribution in [2.24, 2.45) is 0 Å². The van der Waals surface area contributed by atoms with E-state index in [1.165, 1.54) is 6.20 Å². The van der Waals surface area contributed by atoms with Crippen molar-refractivity contribution in [1.82, 2.24) is 10.2 Å². The summed E-state index contributed by atoms with van der Waals surface area (Å²) in [6.07, 6.45) is 2.34. The highest BCUT2D eigenvalue weighted by molar-refractivity contribution is 9.11. The van der Waals surface area contributed by atoms with Crippen LogP contribution in [0.2, 0.25) is 0 Å². The SMILES string of the molecule is Cc1cc(-c2[nH]ncc2C=O)sc1Br. The molecule has 0 unspecified atom stereocenters. The molecule has 2 aromatic rings. The highest BCUT2D eigenvalue weighted by Crippen LogP contribution is 2.34. The lowest BCUT2D eigenvalue weighted by Crippen LogP contribution is -1.79. The van der Waals surface area contributed by atoms with Crippen LogP contribution in [-0.4, -0.2) is 16.5 Å². The van der Waals surface area contributed by atoms with Gasteiger partial charge in [0, 0.05) is 0 Å². The fraction of sp³-hybridized carbons (Fsp3) is 0.111. The van der Waals surface area contributed by atoms with Crippen molar-refractivity contribution in [3.05, 3.63) is 27.2 Å². The lowest BCUT2D eigenvalue weighted by Gasteiger charge is -1.90. The van der Waals surface area contributed by atoms with E-state index in [-0.39, 0.29) is 0 Å². The largest absolute Gasteiger partial charge is 0.298 e. The number of nitrogens with zero attached hydrogens (tertiary/aromatic N) is 1. The van der Waals surface area contributed by atoms with E-state index in [0.29, 0.717) is 5.56 Å². The Hall–Kier alpha value is -0.940. The van der Waals surface area contributed by atoms with E-state index in [9.17, 15) is 4.79 Å². The zero-order valence-electron chi connectivity index (χ0n) is 7.37. The number of aromatic nitrogens is 2. The summed E-state index contributed by atoms with van der Waals surface area (Å²) >= 11 is 5.03. The number of hydrogen-bond acceptors (Lipinski definition) is 3. The summed E-state index contributed by atoms with van der Waals surface area (Å²) in [5.74, 6) is 0. The first kappa shape index (κ1) is 9.61. The normalized spacial score (nSPS) is 10.4. The Morgan fingerprint density at radius 3 is 3.00 bits per heavy atom. The summed E-state index contributed by atoms with van der Waals surface area (Å²) in [4.78, 5) is 11.7. The summed E-state index contributed by atoms with van der Waals surface area (Å²) in [5.41, 5.74) is 2.55. The van der Waals surface area contributed by atoms with Gasteiger partial charge in [-0.3, -0.25) is 9.89 Å². The number of thiophene rings is 1. The summed E-state index contributed by atoms with van der Waals surface area (Å²) < 4.78 is 1.08. The number of hydrogen-bond donors (Lipinski definition) is 1. The molecule has 0 radical (unpaired) electrons. The van der Waals surface area contributed by atoms with Crippen molar-refractivity contribution in [3.8, 4) is 10.6 Å². The van der Waals surface area contributed by atoms with Gasteiger partial charge in [0.05, 0.1) is 26.1 Å². The highest BCUT2D eigenvalue weighted by Gasteiger charge is 2.10. The van der Waals surface area contributed by atoms with Crippen molar-refractivity contribution in [1.29, 1.82) is 0 Å². The van der Waals surface area contributed by atoms with Crippen LogP contribution in [0.1, 0.15) is 15.9 Å². The summed E-state index contributed by atoms with van der Waals surface area (Å²) in [5, 5.41) is 6.67. The van der Waals surface area contributed by atoms with Gasteiger partial charge in [-0.05, 0) is 34.5 Å². The van der Waals surface area contributed by atoms with E-state index in [2.05, 4.69) is 26.1 Å². The smallest absolute Gasteiger partial charge is 0.153 e. The van der Waals surface area contributed by atoms with Gasteiger partial charge in [-0.15, -0.1) is 11.3 Å². The number of H-pyrrole nitrogens is 1. The van der Waals surface area contributed by atoms with Crippen molar-refractivity contribution in [2.75, 3.05) is 0 Å². The third-order valence-electron chi connectivity index (χ3n) is 1.90. The van der Waals surface area contributed by atoms with Crippen LogP contribution in [-0.2, 0) is 0 Å². The van der Waals surface area contributed by atoms with E-state index < -0.39 is 0 Å². The van der Waals surface area contributed by atoms with Crippen molar-refractivity contribution in [3.63, 3.8) is 0 Å². The van der Waals surface area contributed by atoms with Crippen LogP contribution in [0.15, 0.2) is 16.0 Å². The second-order valence-electron chi connectivity index (χ2n) is 2.89. The number of carbonyl (C=O) groups is 1. The fourth-order valence-electron chi connectivity index (χ4n) is 1.17. The molecule has 14 heavy (non-hydrogen) atoms. The second kappa shape index (κ2) is 3.67. The summed E-state index contributed by atoms with van der Waals surface area (Å²) in [7, 11) is 0. The van der Waals surface area contributed by atoms with Crippen molar-refractivity contribution in [2.45, 2.75) is 6.92 Å². The Kier molecular flexibility index (Phi) is 2.52. The van der Waals surface area contributed by atoms with Gasteiger partial charge < -0.3 is 0 Å². The monoisotopic (exact) mass is 270 g/mol. The molecule has 0 bridgehead atoms. The van der Waals surface area contributed by atoms with Crippen LogP contribution >= 0.6 is 27.3 Å². The molecule has 0 saturated carbocycles. The minimum atomic E-state index is 0.596. The van der Waals surface area contributed by atoms with E-state index in [1.54, 1.807) is 11.3 Å². The first-order chi connectivity index (χ1) is 6.72. The van der Waals surface area contributed by atoms with E-state index in [1.807, 2.05) is 13.0 Å². The van der Waals surface area contributed by atoms with Crippen LogP contribution in [0, 0.1) is 6.92 Å². The molecule has 0 saturated heterocycles. The number of nitrogens with one attached hydrogen (secondary N) is 1. The van der Waals surface area contributed by atoms with Gasteiger partial charge in [0.15, 0.2) is 6.29 Å². The third kappa shape index (κ3) is 1.53. The molecule has 72 valence electrons. The number of carbonyl (C=O) groups excluding carboxylic acids is 1. The van der Waals surface area contributed by atoms with Crippen molar-refractivity contribution >= 4 is 33.6 Å². The average molecular weight is 271 g/mol. The minimum absolute atomic E-state index is 0.596. The Labute approximate surface area is 93.3 Å². The Morgan fingerprint density at radius 2 is 2.43 bits per heavy atom. The molecule has 2 aromatic heterocycles. The molecule has 0 amide bonds. The fourth-order valence-corrected chi connectivity index (χ4v) is 2.72. The van der Waals surface area contributed by atoms with Crippen LogP contribution in [0.4, 0.5) is 0 Å². The van der Waals surface area contributed by atoms with Crippen LogP contribution < -0.4 is 0 Å². The van der Waals surface area contributed by atoms with E-state index in [0.717, 1.165) is 26.2 Å². The molecule has 0 spiro atoms. The number of aldehydes is 1. The summed E-state index contributed by atoms with van der Waals surface area (Å²) in [6.45, 7) is 2.01. The minimum Gasteiger partial charge on any atom is -0.298 e. The molecular weight excluding hydrogens is 264 g/mol. The molecule has 0 atom stereocenters. The van der Waals surface area contributed by atoms with Gasteiger partial charge in [0.1, 0.15) is 0 Å². The highest BCUT2D eigenvalue weighted by atomic mass is 79.9. The van der Waals surface area contributed by atoms with Gasteiger partial charge in [-0.25, -0.2) is 0 Å². The second-order valence-corrected chi connectivity index (χ2v) is 5.26.